The third-order valence-electron chi connectivity index (χ3n) is 1.75. The van der Waals surface area contributed by atoms with E-state index in [4.69, 9.17) is 14.2 Å². The third kappa shape index (κ3) is 4.64. The summed E-state index contributed by atoms with van der Waals surface area (Å²) in [4.78, 5) is 0. The molecule has 0 bridgehead atoms. The van der Waals surface area contributed by atoms with Crippen molar-refractivity contribution in [3.05, 3.63) is 35.2 Å². The minimum Gasteiger partial charge on any atom is -0.467 e. The second kappa shape index (κ2) is 6.82. The van der Waals surface area contributed by atoms with E-state index in [1.165, 1.54) is 0 Å². The first-order chi connectivity index (χ1) is 7.24. The Hall–Kier alpha value is -0.580. The Labute approximate surface area is 98.5 Å². The van der Waals surface area contributed by atoms with Gasteiger partial charge in [-0.2, -0.15) is 0 Å². The molecule has 0 aromatic heterocycles. The first-order valence-electron chi connectivity index (χ1n) is 4.55. The minimum absolute atomic E-state index is 0.216. The SMILES string of the molecule is [CH2]c1cc(Br)ccc1OCOCCOC. The van der Waals surface area contributed by atoms with Crippen LogP contribution in [0, 0.1) is 6.92 Å². The molecule has 4 heteroatoms. The second-order valence-electron chi connectivity index (χ2n) is 2.92. The summed E-state index contributed by atoms with van der Waals surface area (Å²) in [6.07, 6.45) is 0. The predicted molar refractivity (Wildman–Crippen MR) is 61.9 cm³/mol. The van der Waals surface area contributed by atoms with Gasteiger partial charge < -0.3 is 14.2 Å². The Morgan fingerprint density at radius 2 is 2.13 bits per heavy atom. The molecular weight excluding hydrogens is 260 g/mol. The van der Waals surface area contributed by atoms with E-state index in [1.54, 1.807) is 7.11 Å². The monoisotopic (exact) mass is 273 g/mol. The molecule has 3 nitrogen and oxygen atoms in total. The van der Waals surface area contributed by atoms with Crippen LogP contribution in [-0.2, 0) is 9.47 Å². The fraction of sp³-hybridized carbons (Fsp3) is 0.364. The van der Waals surface area contributed by atoms with E-state index in [0.717, 1.165) is 15.8 Å². The maximum atomic E-state index is 5.38. The molecule has 1 aromatic rings. The van der Waals surface area contributed by atoms with Gasteiger partial charge in [-0.05, 0) is 30.7 Å². The van der Waals surface area contributed by atoms with Crippen LogP contribution < -0.4 is 4.74 Å². The molecule has 0 aliphatic rings. The Bertz CT molecular complexity index is 302. The van der Waals surface area contributed by atoms with Crippen molar-refractivity contribution in [1.82, 2.24) is 0 Å². The normalized spacial score (nSPS) is 10.3. The van der Waals surface area contributed by atoms with Crippen molar-refractivity contribution in [2.45, 2.75) is 0 Å². The van der Waals surface area contributed by atoms with Crippen molar-refractivity contribution in [3.63, 3.8) is 0 Å². The molecule has 1 rings (SSSR count). The van der Waals surface area contributed by atoms with Gasteiger partial charge in [-0.3, -0.25) is 0 Å². The summed E-state index contributed by atoms with van der Waals surface area (Å²) in [7, 11) is 1.63. The summed E-state index contributed by atoms with van der Waals surface area (Å²) in [5, 5.41) is 0. The lowest BCUT2D eigenvalue weighted by molar-refractivity contribution is -0.00864. The van der Waals surface area contributed by atoms with Crippen LogP contribution in [0.4, 0.5) is 0 Å². The highest BCUT2D eigenvalue weighted by Gasteiger charge is 1.99. The summed E-state index contributed by atoms with van der Waals surface area (Å²) < 4.78 is 16.4. The van der Waals surface area contributed by atoms with Crippen LogP contribution in [0.2, 0.25) is 0 Å². The van der Waals surface area contributed by atoms with Crippen LogP contribution in [0.25, 0.3) is 0 Å². The van der Waals surface area contributed by atoms with Crippen LogP contribution in [0.5, 0.6) is 5.75 Å². The summed E-state index contributed by atoms with van der Waals surface area (Å²) in [5.41, 5.74) is 0.833. The largest absolute Gasteiger partial charge is 0.467 e. The van der Waals surface area contributed by atoms with Gasteiger partial charge in [-0.25, -0.2) is 0 Å². The van der Waals surface area contributed by atoms with Crippen LogP contribution in [0.1, 0.15) is 5.56 Å². The van der Waals surface area contributed by atoms with Crippen molar-refractivity contribution < 1.29 is 14.2 Å². The number of halogens is 1. The van der Waals surface area contributed by atoms with Crippen LogP contribution in [-0.4, -0.2) is 27.1 Å². The molecule has 0 unspecified atom stereocenters. The number of ether oxygens (including phenoxy) is 3. The highest BCUT2D eigenvalue weighted by atomic mass is 79.9. The predicted octanol–water partition coefficient (Wildman–Crippen LogP) is 2.63. The fourth-order valence-electron chi connectivity index (χ4n) is 0.995. The topological polar surface area (TPSA) is 27.7 Å². The van der Waals surface area contributed by atoms with Gasteiger partial charge in [0.2, 0.25) is 0 Å². The molecule has 1 aromatic carbocycles. The molecule has 0 N–H and O–H groups in total. The van der Waals surface area contributed by atoms with E-state index < -0.39 is 0 Å². The number of methoxy groups -OCH3 is 1. The lowest BCUT2D eigenvalue weighted by Crippen LogP contribution is -2.08. The van der Waals surface area contributed by atoms with Crippen molar-refractivity contribution in [2.24, 2.45) is 0 Å². The van der Waals surface area contributed by atoms with Crippen LogP contribution in [0.3, 0.4) is 0 Å². The van der Waals surface area contributed by atoms with Crippen LogP contribution >= 0.6 is 15.9 Å². The van der Waals surface area contributed by atoms with Crippen molar-refractivity contribution in [1.29, 1.82) is 0 Å². The Morgan fingerprint density at radius 1 is 1.33 bits per heavy atom. The summed E-state index contributed by atoms with van der Waals surface area (Å²) in [5.74, 6) is 0.732. The Morgan fingerprint density at radius 3 is 2.80 bits per heavy atom. The van der Waals surface area contributed by atoms with Gasteiger partial charge in [-0.15, -0.1) is 0 Å². The van der Waals surface area contributed by atoms with Gasteiger partial charge in [0.15, 0.2) is 6.79 Å². The zero-order valence-corrected chi connectivity index (χ0v) is 10.2. The molecule has 0 fully saturated rings. The van der Waals surface area contributed by atoms with Gasteiger partial charge in [0.05, 0.1) is 13.2 Å². The molecule has 0 saturated carbocycles. The van der Waals surface area contributed by atoms with Gasteiger partial charge in [0.25, 0.3) is 0 Å². The van der Waals surface area contributed by atoms with Crippen molar-refractivity contribution in [2.75, 3.05) is 27.1 Å². The molecule has 83 valence electrons. The van der Waals surface area contributed by atoms with E-state index in [-0.39, 0.29) is 6.79 Å². The number of rotatable bonds is 6. The molecule has 1 radical (unpaired) electrons. The zero-order valence-electron chi connectivity index (χ0n) is 8.66. The number of hydrogen-bond acceptors (Lipinski definition) is 3. The maximum absolute atomic E-state index is 5.38. The van der Waals surface area contributed by atoms with E-state index in [1.807, 2.05) is 18.2 Å². The molecule has 0 saturated heterocycles. The van der Waals surface area contributed by atoms with E-state index in [2.05, 4.69) is 22.9 Å². The van der Waals surface area contributed by atoms with E-state index in [9.17, 15) is 0 Å². The zero-order chi connectivity index (χ0) is 11.1. The number of hydrogen-bond donors (Lipinski definition) is 0. The average molecular weight is 274 g/mol. The summed E-state index contributed by atoms with van der Waals surface area (Å²) in [6.45, 7) is 5.17. The Balaban J connectivity index is 2.31. The molecule has 0 atom stereocenters. The van der Waals surface area contributed by atoms with Crippen molar-refractivity contribution >= 4 is 15.9 Å². The lowest BCUT2D eigenvalue weighted by Gasteiger charge is -2.09. The van der Waals surface area contributed by atoms with Gasteiger partial charge in [-0.1, -0.05) is 15.9 Å². The van der Waals surface area contributed by atoms with Gasteiger partial charge in [0, 0.05) is 11.6 Å². The summed E-state index contributed by atoms with van der Waals surface area (Å²) in [6, 6.07) is 5.65. The molecule has 0 aliphatic heterocycles. The van der Waals surface area contributed by atoms with E-state index >= 15 is 0 Å². The highest BCUT2D eigenvalue weighted by Crippen LogP contribution is 2.21. The van der Waals surface area contributed by atoms with Gasteiger partial charge in [0.1, 0.15) is 5.75 Å². The first-order valence-corrected chi connectivity index (χ1v) is 5.34. The second-order valence-corrected chi connectivity index (χ2v) is 3.83. The maximum Gasteiger partial charge on any atom is 0.189 e. The standard InChI is InChI=1S/C11H14BrO3/c1-9-7-10(12)3-4-11(9)15-8-14-6-5-13-2/h3-4,7H,1,5-6,8H2,2H3. The number of benzene rings is 1. The van der Waals surface area contributed by atoms with Crippen LogP contribution in [0.15, 0.2) is 22.7 Å². The first kappa shape index (κ1) is 12.5. The lowest BCUT2D eigenvalue weighted by atomic mass is 10.2. The quantitative estimate of drug-likeness (QED) is 0.589. The smallest absolute Gasteiger partial charge is 0.189 e. The molecule has 0 heterocycles. The molecule has 0 spiro atoms. The molecular formula is C11H14BrO3. The van der Waals surface area contributed by atoms with Gasteiger partial charge >= 0.3 is 0 Å². The highest BCUT2D eigenvalue weighted by molar-refractivity contribution is 9.10. The molecule has 15 heavy (non-hydrogen) atoms. The fourth-order valence-corrected chi connectivity index (χ4v) is 1.40. The summed E-state index contributed by atoms with van der Waals surface area (Å²) >= 11 is 3.36. The molecule has 0 amide bonds. The Kier molecular flexibility index (Phi) is 5.68. The van der Waals surface area contributed by atoms with E-state index in [0.29, 0.717) is 13.2 Å². The van der Waals surface area contributed by atoms with Crippen molar-refractivity contribution in [3.8, 4) is 5.75 Å². The minimum atomic E-state index is 0.216. The average Bonchev–Trinajstić information content (AvgIpc) is 2.20. The molecule has 0 aliphatic carbocycles. The third-order valence-corrected chi connectivity index (χ3v) is 2.25.